The summed E-state index contributed by atoms with van der Waals surface area (Å²) in [6, 6.07) is 8.45. The molecule has 0 atom stereocenters. The molecule has 0 aliphatic carbocycles. The largest absolute Gasteiger partial charge is 0.331 e. The predicted molar refractivity (Wildman–Crippen MR) is 70.9 cm³/mol. The van der Waals surface area contributed by atoms with Gasteiger partial charge in [0.05, 0.1) is 5.69 Å². The van der Waals surface area contributed by atoms with E-state index in [1.807, 2.05) is 0 Å². The summed E-state index contributed by atoms with van der Waals surface area (Å²) in [5.41, 5.74) is 10.3. The highest BCUT2D eigenvalue weighted by Crippen LogP contribution is 2.21. The van der Waals surface area contributed by atoms with Crippen LogP contribution in [0.1, 0.15) is 17.0 Å². The zero-order valence-corrected chi connectivity index (χ0v) is 10.7. The molecule has 1 aromatic heterocycles. The predicted octanol–water partition coefficient (Wildman–Crippen LogP) is 2.21. The Morgan fingerprint density at radius 1 is 1.18 bits per heavy atom. The Kier molecular flexibility index (Phi) is 3.29. The number of nitrogens with two attached hydrogens (primary N) is 1. The molecular weight excluding hydrogens is 210 g/mol. The molecule has 0 spiro atoms. The van der Waals surface area contributed by atoms with E-state index in [4.69, 9.17) is 5.73 Å². The number of benzene rings is 1. The molecule has 17 heavy (non-hydrogen) atoms. The van der Waals surface area contributed by atoms with Crippen molar-refractivity contribution in [3.05, 3.63) is 41.2 Å². The molecule has 0 fully saturated rings. The molecule has 0 aliphatic heterocycles. The Hall–Kier alpha value is -1.61. The summed E-state index contributed by atoms with van der Waals surface area (Å²) >= 11 is 0. The molecule has 0 saturated carbocycles. The zero-order valence-electron chi connectivity index (χ0n) is 10.7. The van der Waals surface area contributed by atoms with E-state index in [0.29, 0.717) is 6.54 Å². The first kappa shape index (κ1) is 11.9. The highest BCUT2D eigenvalue weighted by Gasteiger charge is 2.11. The SMILES string of the molecule is Cc1ccc(-c2nc(CCN)c(C)n2C)cc1. The third kappa shape index (κ3) is 2.24. The third-order valence-corrected chi connectivity index (χ3v) is 3.17. The van der Waals surface area contributed by atoms with E-state index in [1.54, 1.807) is 0 Å². The Bertz CT molecular complexity index is 509. The van der Waals surface area contributed by atoms with Crippen molar-refractivity contribution in [1.29, 1.82) is 0 Å². The topological polar surface area (TPSA) is 43.8 Å². The second-order valence-corrected chi connectivity index (χ2v) is 4.43. The van der Waals surface area contributed by atoms with Gasteiger partial charge in [0.25, 0.3) is 0 Å². The summed E-state index contributed by atoms with van der Waals surface area (Å²) < 4.78 is 2.13. The van der Waals surface area contributed by atoms with E-state index in [0.717, 1.165) is 23.5 Å². The number of nitrogens with zero attached hydrogens (tertiary/aromatic N) is 2. The molecule has 0 aliphatic rings. The van der Waals surface area contributed by atoms with Gasteiger partial charge in [-0.15, -0.1) is 0 Å². The number of hydrogen-bond acceptors (Lipinski definition) is 2. The lowest BCUT2D eigenvalue weighted by atomic mass is 10.1. The molecule has 0 saturated heterocycles. The highest BCUT2D eigenvalue weighted by atomic mass is 15.1. The summed E-state index contributed by atoms with van der Waals surface area (Å²) in [6.45, 7) is 4.83. The molecule has 0 radical (unpaired) electrons. The molecule has 0 amide bonds. The molecule has 2 rings (SSSR count). The quantitative estimate of drug-likeness (QED) is 0.877. The maximum Gasteiger partial charge on any atom is 0.140 e. The smallest absolute Gasteiger partial charge is 0.140 e. The van der Waals surface area contributed by atoms with E-state index in [9.17, 15) is 0 Å². The minimum atomic E-state index is 0.644. The monoisotopic (exact) mass is 229 g/mol. The van der Waals surface area contributed by atoms with Crippen LogP contribution in [0.25, 0.3) is 11.4 Å². The number of rotatable bonds is 3. The fraction of sp³-hybridized carbons (Fsp3) is 0.357. The van der Waals surface area contributed by atoms with Gasteiger partial charge in [-0.25, -0.2) is 4.98 Å². The normalized spacial score (nSPS) is 10.8. The van der Waals surface area contributed by atoms with E-state index >= 15 is 0 Å². The lowest BCUT2D eigenvalue weighted by Crippen LogP contribution is -2.04. The average molecular weight is 229 g/mol. The van der Waals surface area contributed by atoms with Gasteiger partial charge in [-0.05, 0) is 20.4 Å². The van der Waals surface area contributed by atoms with Gasteiger partial charge in [-0.3, -0.25) is 0 Å². The van der Waals surface area contributed by atoms with Crippen molar-refractivity contribution in [2.75, 3.05) is 6.54 Å². The van der Waals surface area contributed by atoms with Crippen molar-refractivity contribution >= 4 is 0 Å². The van der Waals surface area contributed by atoms with E-state index in [1.165, 1.54) is 11.3 Å². The van der Waals surface area contributed by atoms with Gasteiger partial charge in [0.2, 0.25) is 0 Å². The number of hydrogen-bond donors (Lipinski definition) is 1. The van der Waals surface area contributed by atoms with Crippen LogP contribution >= 0.6 is 0 Å². The highest BCUT2D eigenvalue weighted by molar-refractivity contribution is 5.57. The summed E-state index contributed by atoms with van der Waals surface area (Å²) in [5, 5.41) is 0. The lowest BCUT2D eigenvalue weighted by Gasteiger charge is -2.03. The molecule has 2 N–H and O–H groups in total. The Balaban J connectivity index is 2.45. The minimum absolute atomic E-state index is 0.644. The van der Waals surface area contributed by atoms with Crippen LogP contribution in [0.2, 0.25) is 0 Å². The molecule has 2 aromatic rings. The molecule has 1 aromatic carbocycles. The van der Waals surface area contributed by atoms with Gasteiger partial charge in [0.1, 0.15) is 5.82 Å². The molecule has 1 heterocycles. The number of aromatic nitrogens is 2. The van der Waals surface area contributed by atoms with Gasteiger partial charge < -0.3 is 10.3 Å². The first-order valence-electron chi connectivity index (χ1n) is 5.92. The van der Waals surface area contributed by atoms with Gasteiger partial charge in [0.15, 0.2) is 0 Å². The maximum atomic E-state index is 5.60. The number of imidazole rings is 1. The van der Waals surface area contributed by atoms with Crippen molar-refractivity contribution < 1.29 is 0 Å². The molecule has 0 bridgehead atoms. The summed E-state index contributed by atoms with van der Waals surface area (Å²) in [4.78, 5) is 4.68. The maximum absolute atomic E-state index is 5.60. The van der Waals surface area contributed by atoms with Crippen LogP contribution in [0.15, 0.2) is 24.3 Å². The minimum Gasteiger partial charge on any atom is -0.331 e. The second kappa shape index (κ2) is 4.72. The van der Waals surface area contributed by atoms with Crippen LogP contribution in [0, 0.1) is 13.8 Å². The third-order valence-electron chi connectivity index (χ3n) is 3.17. The van der Waals surface area contributed by atoms with Gasteiger partial charge in [0, 0.05) is 24.7 Å². The summed E-state index contributed by atoms with van der Waals surface area (Å²) in [6.07, 6.45) is 0.839. The summed E-state index contributed by atoms with van der Waals surface area (Å²) in [5.74, 6) is 1.02. The molecule has 3 nitrogen and oxygen atoms in total. The first-order chi connectivity index (χ1) is 8.13. The van der Waals surface area contributed by atoms with Crippen molar-refractivity contribution in [3.63, 3.8) is 0 Å². The van der Waals surface area contributed by atoms with Gasteiger partial charge >= 0.3 is 0 Å². The Morgan fingerprint density at radius 3 is 2.41 bits per heavy atom. The average Bonchev–Trinajstić information content (AvgIpc) is 2.59. The molecule has 0 unspecified atom stereocenters. The van der Waals surface area contributed by atoms with Crippen LogP contribution in [-0.2, 0) is 13.5 Å². The van der Waals surface area contributed by atoms with Crippen LogP contribution in [-0.4, -0.2) is 16.1 Å². The molecule has 90 valence electrons. The van der Waals surface area contributed by atoms with Crippen LogP contribution < -0.4 is 5.73 Å². The van der Waals surface area contributed by atoms with Crippen molar-refractivity contribution in [2.45, 2.75) is 20.3 Å². The standard InChI is InChI=1S/C14H19N3/c1-10-4-6-12(7-5-10)14-16-13(8-9-15)11(2)17(14)3/h4-7H,8-9,15H2,1-3H3. The molecular formula is C14H19N3. The van der Waals surface area contributed by atoms with E-state index in [-0.39, 0.29) is 0 Å². The Morgan fingerprint density at radius 2 is 1.82 bits per heavy atom. The fourth-order valence-corrected chi connectivity index (χ4v) is 1.97. The van der Waals surface area contributed by atoms with Crippen molar-refractivity contribution in [2.24, 2.45) is 12.8 Å². The van der Waals surface area contributed by atoms with E-state index in [2.05, 4.69) is 54.7 Å². The zero-order chi connectivity index (χ0) is 12.4. The van der Waals surface area contributed by atoms with Crippen LogP contribution in [0.4, 0.5) is 0 Å². The first-order valence-corrected chi connectivity index (χ1v) is 5.92. The Labute approximate surface area is 102 Å². The summed E-state index contributed by atoms with van der Waals surface area (Å²) in [7, 11) is 2.05. The van der Waals surface area contributed by atoms with Gasteiger partial charge in [-0.2, -0.15) is 0 Å². The second-order valence-electron chi connectivity index (χ2n) is 4.43. The van der Waals surface area contributed by atoms with Crippen molar-refractivity contribution in [3.8, 4) is 11.4 Å². The van der Waals surface area contributed by atoms with Gasteiger partial charge in [-0.1, -0.05) is 29.8 Å². The van der Waals surface area contributed by atoms with E-state index < -0.39 is 0 Å². The molecule has 3 heteroatoms. The fourth-order valence-electron chi connectivity index (χ4n) is 1.97. The van der Waals surface area contributed by atoms with Crippen LogP contribution in [0.3, 0.4) is 0 Å². The lowest BCUT2D eigenvalue weighted by molar-refractivity contribution is 0.865. The van der Waals surface area contributed by atoms with Crippen LogP contribution in [0.5, 0.6) is 0 Å². The number of aryl methyl sites for hydroxylation is 1. The van der Waals surface area contributed by atoms with Crippen molar-refractivity contribution in [1.82, 2.24) is 9.55 Å².